The van der Waals surface area contributed by atoms with E-state index in [1.807, 2.05) is 38.1 Å². The molecule has 2 atom stereocenters. The number of aryl methyl sites for hydroxylation is 2. The Hall–Kier alpha value is -1.49. The van der Waals surface area contributed by atoms with Gasteiger partial charge in [0.1, 0.15) is 5.25 Å². The topological polar surface area (TPSA) is 56.0 Å². The summed E-state index contributed by atoms with van der Waals surface area (Å²) in [6.45, 7) is 5.62. The molecular formula is C13H16N2O2S. The van der Waals surface area contributed by atoms with Gasteiger partial charge in [0.05, 0.1) is 0 Å². The van der Waals surface area contributed by atoms with E-state index in [1.165, 1.54) is 0 Å². The average Bonchev–Trinajstić information content (AvgIpc) is 2.78. The van der Waals surface area contributed by atoms with Crippen LogP contribution in [0.1, 0.15) is 35.0 Å². The number of hydrogen-bond acceptors (Lipinski definition) is 4. The molecule has 0 fully saturated rings. The van der Waals surface area contributed by atoms with Crippen LogP contribution in [0.5, 0.6) is 0 Å². The molecule has 4 nitrogen and oxygen atoms in total. The molecule has 96 valence electrons. The lowest BCUT2D eigenvalue weighted by Crippen LogP contribution is -2.06. The Morgan fingerprint density at radius 1 is 1.33 bits per heavy atom. The Balaban J connectivity index is 2.11. The van der Waals surface area contributed by atoms with Gasteiger partial charge in [0.2, 0.25) is 5.89 Å². The van der Waals surface area contributed by atoms with Gasteiger partial charge in [-0.1, -0.05) is 29.4 Å². The minimum Gasteiger partial charge on any atom is -0.338 e. The van der Waals surface area contributed by atoms with Crippen LogP contribution in [-0.4, -0.2) is 14.3 Å². The third-order valence-corrected chi connectivity index (χ3v) is 4.43. The monoisotopic (exact) mass is 264 g/mol. The molecule has 0 radical (unpaired) electrons. The highest BCUT2D eigenvalue weighted by atomic mass is 32.2. The van der Waals surface area contributed by atoms with Crippen LogP contribution in [-0.2, 0) is 16.6 Å². The highest BCUT2D eigenvalue weighted by molar-refractivity contribution is 7.84. The molecule has 1 aromatic carbocycles. The second kappa shape index (κ2) is 5.44. The Labute approximate surface area is 109 Å². The van der Waals surface area contributed by atoms with Crippen LogP contribution in [0.2, 0.25) is 0 Å². The summed E-state index contributed by atoms with van der Waals surface area (Å²) < 4.78 is 17.3. The maximum Gasteiger partial charge on any atom is 0.242 e. The number of rotatable bonds is 4. The van der Waals surface area contributed by atoms with Crippen molar-refractivity contribution in [2.45, 2.75) is 31.8 Å². The van der Waals surface area contributed by atoms with Crippen LogP contribution in [0, 0.1) is 13.8 Å². The molecule has 2 rings (SSSR count). The average molecular weight is 264 g/mol. The van der Waals surface area contributed by atoms with Crippen molar-refractivity contribution in [1.82, 2.24) is 10.1 Å². The van der Waals surface area contributed by atoms with Crippen LogP contribution >= 0.6 is 0 Å². The highest BCUT2D eigenvalue weighted by Crippen LogP contribution is 2.21. The molecule has 0 saturated heterocycles. The molecule has 0 unspecified atom stereocenters. The van der Waals surface area contributed by atoms with Crippen molar-refractivity contribution in [2.75, 3.05) is 0 Å². The lowest BCUT2D eigenvalue weighted by Gasteiger charge is -2.08. The molecule has 0 aliphatic rings. The van der Waals surface area contributed by atoms with Crippen molar-refractivity contribution >= 4 is 10.8 Å². The third kappa shape index (κ3) is 2.85. The van der Waals surface area contributed by atoms with E-state index >= 15 is 0 Å². The fraction of sp³-hybridized carbons (Fsp3) is 0.385. The smallest absolute Gasteiger partial charge is 0.242 e. The summed E-state index contributed by atoms with van der Waals surface area (Å²) >= 11 is 0. The molecule has 1 aromatic heterocycles. The molecule has 5 heteroatoms. The predicted octanol–water partition coefficient (Wildman–Crippen LogP) is 2.70. The van der Waals surface area contributed by atoms with Crippen molar-refractivity contribution in [2.24, 2.45) is 0 Å². The molecule has 1 heterocycles. The van der Waals surface area contributed by atoms with Crippen LogP contribution in [0.3, 0.4) is 0 Å². The summed E-state index contributed by atoms with van der Waals surface area (Å²) in [5, 5.41) is 3.48. The second-order valence-electron chi connectivity index (χ2n) is 4.27. The van der Waals surface area contributed by atoms with E-state index in [-0.39, 0.29) is 5.25 Å². The van der Waals surface area contributed by atoms with Crippen LogP contribution < -0.4 is 0 Å². The molecule has 0 N–H and O–H groups in total. The largest absolute Gasteiger partial charge is 0.338 e. The molecule has 2 aromatic rings. The van der Waals surface area contributed by atoms with Crippen LogP contribution in [0.25, 0.3) is 0 Å². The summed E-state index contributed by atoms with van der Waals surface area (Å²) in [7, 11) is -1.06. The zero-order chi connectivity index (χ0) is 13.1. The van der Waals surface area contributed by atoms with Gasteiger partial charge in [0.15, 0.2) is 5.82 Å². The molecule has 0 spiro atoms. The number of benzene rings is 1. The van der Waals surface area contributed by atoms with Crippen molar-refractivity contribution in [1.29, 1.82) is 0 Å². The Morgan fingerprint density at radius 3 is 2.67 bits per heavy atom. The first kappa shape index (κ1) is 13.0. The first-order valence-corrected chi connectivity index (χ1v) is 7.18. The minimum atomic E-state index is -1.06. The third-order valence-electron chi connectivity index (χ3n) is 2.84. The second-order valence-corrected chi connectivity index (χ2v) is 6.03. The quantitative estimate of drug-likeness (QED) is 0.852. The van der Waals surface area contributed by atoms with Gasteiger partial charge in [-0.2, -0.15) is 4.98 Å². The SMILES string of the molecule is Cc1noc([C@@H](C)[S@](=O)Cc2ccccc2C)n1. The highest BCUT2D eigenvalue weighted by Gasteiger charge is 2.20. The summed E-state index contributed by atoms with van der Waals surface area (Å²) in [5.74, 6) is 1.53. The van der Waals surface area contributed by atoms with Gasteiger partial charge in [0.25, 0.3) is 0 Å². The van der Waals surface area contributed by atoms with Gasteiger partial charge in [-0.05, 0) is 31.9 Å². The maximum absolute atomic E-state index is 12.3. The fourth-order valence-corrected chi connectivity index (χ4v) is 2.84. The van der Waals surface area contributed by atoms with E-state index in [2.05, 4.69) is 10.1 Å². The van der Waals surface area contributed by atoms with Crippen molar-refractivity contribution < 1.29 is 8.73 Å². The zero-order valence-electron chi connectivity index (χ0n) is 10.7. The predicted molar refractivity (Wildman–Crippen MR) is 70.5 cm³/mol. The number of aromatic nitrogens is 2. The molecule has 0 bridgehead atoms. The Bertz CT molecular complexity index is 566. The molecule has 18 heavy (non-hydrogen) atoms. The number of nitrogens with zero attached hydrogens (tertiary/aromatic N) is 2. The lowest BCUT2D eigenvalue weighted by molar-refractivity contribution is 0.375. The normalized spacial score (nSPS) is 14.4. The van der Waals surface area contributed by atoms with Crippen molar-refractivity contribution in [3.63, 3.8) is 0 Å². The molecule has 0 amide bonds. The number of hydrogen-bond donors (Lipinski definition) is 0. The van der Waals surface area contributed by atoms with E-state index in [0.717, 1.165) is 11.1 Å². The van der Waals surface area contributed by atoms with E-state index in [4.69, 9.17) is 4.52 Å². The molecule has 0 aliphatic carbocycles. The first-order chi connectivity index (χ1) is 8.58. The van der Waals surface area contributed by atoms with E-state index < -0.39 is 10.8 Å². The van der Waals surface area contributed by atoms with Crippen molar-refractivity contribution in [3.05, 3.63) is 47.1 Å². The van der Waals surface area contributed by atoms with Gasteiger partial charge in [-0.15, -0.1) is 0 Å². The summed E-state index contributed by atoms with van der Waals surface area (Å²) in [6, 6.07) is 7.96. The molecule has 0 saturated carbocycles. The molecular weight excluding hydrogens is 248 g/mol. The standard InChI is InChI=1S/C13H16N2O2S/c1-9-6-4-5-7-12(9)8-18(16)10(2)13-14-11(3)15-17-13/h4-7,10H,8H2,1-3H3/t10-,18-/m1/s1. The minimum absolute atomic E-state index is 0.245. The van der Waals surface area contributed by atoms with Gasteiger partial charge >= 0.3 is 0 Å². The van der Waals surface area contributed by atoms with Gasteiger partial charge < -0.3 is 4.52 Å². The van der Waals surface area contributed by atoms with Gasteiger partial charge in [-0.25, -0.2) is 0 Å². The van der Waals surface area contributed by atoms with E-state index in [9.17, 15) is 4.21 Å². The Morgan fingerprint density at radius 2 is 2.06 bits per heavy atom. The van der Waals surface area contributed by atoms with Crippen LogP contribution in [0.15, 0.2) is 28.8 Å². The Kier molecular flexibility index (Phi) is 3.91. The summed E-state index contributed by atoms with van der Waals surface area (Å²) in [5.41, 5.74) is 2.25. The summed E-state index contributed by atoms with van der Waals surface area (Å²) in [6.07, 6.45) is 0. The fourth-order valence-electron chi connectivity index (χ4n) is 1.64. The van der Waals surface area contributed by atoms with Gasteiger partial charge in [0, 0.05) is 16.6 Å². The van der Waals surface area contributed by atoms with Crippen molar-refractivity contribution in [3.8, 4) is 0 Å². The molecule has 0 aliphatic heterocycles. The van der Waals surface area contributed by atoms with Gasteiger partial charge in [-0.3, -0.25) is 4.21 Å². The van der Waals surface area contributed by atoms with E-state index in [1.54, 1.807) is 6.92 Å². The lowest BCUT2D eigenvalue weighted by atomic mass is 10.1. The van der Waals surface area contributed by atoms with E-state index in [0.29, 0.717) is 17.5 Å². The first-order valence-electron chi connectivity index (χ1n) is 5.80. The maximum atomic E-state index is 12.3. The van der Waals surface area contributed by atoms with Crippen LogP contribution in [0.4, 0.5) is 0 Å². The summed E-state index contributed by atoms with van der Waals surface area (Å²) in [4.78, 5) is 4.12. The zero-order valence-corrected chi connectivity index (χ0v) is 11.5.